The molecular weight excluding hydrogens is 328 g/mol. The Bertz CT molecular complexity index is 706. The highest BCUT2D eigenvalue weighted by Gasteiger charge is 2.15. The van der Waals surface area contributed by atoms with Gasteiger partial charge in [0.05, 0.1) is 20.3 Å². The first-order valence-corrected chi connectivity index (χ1v) is 8.00. The van der Waals surface area contributed by atoms with Crippen LogP contribution in [0.5, 0.6) is 11.5 Å². The van der Waals surface area contributed by atoms with E-state index in [1.807, 2.05) is 25.1 Å². The van der Waals surface area contributed by atoms with Crippen LogP contribution in [0.3, 0.4) is 0 Å². The maximum atomic E-state index is 12.2. The smallest absolute Gasteiger partial charge is 0.319 e. The number of amides is 2. The first kappa shape index (κ1) is 17.9. The third-order valence-corrected chi connectivity index (χ3v) is 3.84. The van der Waals surface area contributed by atoms with Gasteiger partial charge in [-0.05, 0) is 42.3 Å². The molecule has 128 valence electrons. The second-order valence-electron chi connectivity index (χ2n) is 5.18. The summed E-state index contributed by atoms with van der Waals surface area (Å²) in [5.41, 5.74) is 1.58. The Morgan fingerprint density at radius 2 is 1.88 bits per heavy atom. The number of rotatable bonds is 6. The van der Waals surface area contributed by atoms with Gasteiger partial charge in [-0.15, -0.1) is 0 Å². The second kappa shape index (κ2) is 8.45. The number of benzene rings is 2. The van der Waals surface area contributed by atoms with E-state index in [0.29, 0.717) is 22.2 Å². The van der Waals surface area contributed by atoms with E-state index in [4.69, 9.17) is 21.1 Å². The minimum atomic E-state index is -0.293. The van der Waals surface area contributed by atoms with E-state index in [-0.39, 0.29) is 12.1 Å². The molecule has 0 bridgehead atoms. The summed E-state index contributed by atoms with van der Waals surface area (Å²) in [7, 11) is 3.17. The lowest BCUT2D eigenvalue weighted by Crippen LogP contribution is -2.32. The molecule has 0 aliphatic heterocycles. The highest BCUT2D eigenvalue weighted by atomic mass is 35.5. The second-order valence-corrected chi connectivity index (χ2v) is 5.62. The molecule has 0 heterocycles. The molecule has 0 aliphatic carbocycles. The van der Waals surface area contributed by atoms with E-state index in [9.17, 15) is 4.79 Å². The van der Waals surface area contributed by atoms with Gasteiger partial charge in [0.15, 0.2) is 11.5 Å². The zero-order valence-corrected chi connectivity index (χ0v) is 14.7. The standard InChI is InChI=1S/C18H21ClN2O3/c1-4-15(12-8-9-16(23-2)17(10-12)24-3)21-18(22)20-14-7-5-6-13(19)11-14/h5-11,15H,4H2,1-3H3,(H2,20,21,22)/t15-/m0/s1. The largest absolute Gasteiger partial charge is 0.493 e. The van der Waals surface area contributed by atoms with Crippen molar-refractivity contribution in [3.63, 3.8) is 0 Å². The lowest BCUT2D eigenvalue weighted by Gasteiger charge is -2.19. The van der Waals surface area contributed by atoms with Crippen molar-refractivity contribution >= 4 is 23.3 Å². The third kappa shape index (κ3) is 4.55. The average Bonchev–Trinajstić information content (AvgIpc) is 2.59. The number of methoxy groups -OCH3 is 2. The Morgan fingerprint density at radius 3 is 2.50 bits per heavy atom. The van der Waals surface area contributed by atoms with Crippen LogP contribution in [0.1, 0.15) is 24.9 Å². The van der Waals surface area contributed by atoms with Crippen LogP contribution in [0.4, 0.5) is 10.5 Å². The van der Waals surface area contributed by atoms with E-state index >= 15 is 0 Å². The summed E-state index contributed by atoms with van der Waals surface area (Å²) >= 11 is 5.92. The van der Waals surface area contributed by atoms with Crippen LogP contribution in [-0.4, -0.2) is 20.3 Å². The molecule has 0 saturated carbocycles. The zero-order chi connectivity index (χ0) is 17.5. The van der Waals surface area contributed by atoms with Gasteiger partial charge in [-0.2, -0.15) is 0 Å². The zero-order valence-electron chi connectivity index (χ0n) is 13.9. The topological polar surface area (TPSA) is 59.6 Å². The Labute approximate surface area is 146 Å². The molecule has 2 amide bonds. The summed E-state index contributed by atoms with van der Waals surface area (Å²) in [6.07, 6.45) is 0.735. The molecule has 6 heteroatoms. The molecule has 1 atom stereocenters. The van der Waals surface area contributed by atoms with Crippen molar-refractivity contribution < 1.29 is 14.3 Å². The number of urea groups is 1. The number of halogens is 1. The summed E-state index contributed by atoms with van der Waals surface area (Å²) in [5.74, 6) is 1.28. The minimum Gasteiger partial charge on any atom is -0.493 e. The normalized spacial score (nSPS) is 11.5. The van der Waals surface area contributed by atoms with E-state index in [1.165, 1.54) is 0 Å². The van der Waals surface area contributed by atoms with Gasteiger partial charge in [-0.3, -0.25) is 0 Å². The molecular formula is C18H21ClN2O3. The SMILES string of the molecule is CC[C@H](NC(=O)Nc1cccc(Cl)c1)c1ccc(OC)c(OC)c1. The van der Waals surface area contributed by atoms with Crippen LogP contribution in [0.2, 0.25) is 5.02 Å². The average molecular weight is 349 g/mol. The number of anilines is 1. The Kier molecular flexibility index (Phi) is 6.32. The highest BCUT2D eigenvalue weighted by Crippen LogP contribution is 2.30. The fourth-order valence-electron chi connectivity index (χ4n) is 2.38. The van der Waals surface area contributed by atoms with Crippen molar-refractivity contribution in [3.05, 3.63) is 53.1 Å². The van der Waals surface area contributed by atoms with E-state index in [2.05, 4.69) is 10.6 Å². The molecule has 0 fully saturated rings. The van der Waals surface area contributed by atoms with Gasteiger partial charge in [0, 0.05) is 10.7 Å². The summed E-state index contributed by atoms with van der Waals surface area (Å²) in [5, 5.41) is 6.30. The summed E-state index contributed by atoms with van der Waals surface area (Å²) < 4.78 is 10.6. The highest BCUT2D eigenvalue weighted by molar-refractivity contribution is 6.30. The minimum absolute atomic E-state index is 0.149. The van der Waals surface area contributed by atoms with Gasteiger partial charge in [0.2, 0.25) is 0 Å². The van der Waals surface area contributed by atoms with Gasteiger partial charge in [0.25, 0.3) is 0 Å². The molecule has 0 aromatic heterocycles. The van der Waals surface area contributed by atoms with Gasteiger partial charge in [0.1, 0.15) is 0 Å². The van der Waals surface area contributed by atoms with Crippen molar-refractivity contribution in [1.29, 1.82) is 0 Å². The Hall–Kier alpha value is -2.40. The van der Waals surface area contributed by atoms with Crippen LogP contribution < -0.4 is 20.1 Å². The maximum Gasteiger partial charge on any atom is 0.319 e. The molecule has 2 N–H and O–H groups in total. The molecule has 0 unspecified atom stereocenters. The molecule has 2 aromatic rings. The molecule has 5 nitrogen and oxygen atoms in total. The number of carbonyl (C=O) groups excluding carboxylic acids is 1. The molecule has 24 heavy (non-hydrogen) atoms. The molecule has 0 aliphatic rings. The van der Waals surface area contributed by atoms with E-state index in [0.717, 1.165) is 12.0 Å². The summed E-state index contributed by atoms with van der Waals surface area (Å²) in [6.45, 7) is 2.00. The lowest BCUT2D eigenvalue weighted by molar-refractivity contribution is 0.248. The molecule has 0 saturated heterocycles. The Morgan fingerprint density at radius 1 is 1.12 bits per heavy atom. The van der Waals surface area contributed by atoms with Crippen LogP contribution in [0.25, 0.3) is 0 Å². The van der Waals surface area contributed by atoms with Crippen molar-refractivity contribution in [2.45, 2.75) is 19.4 Å². The Balaban J connectivity index is 2.09. The van der Waals surface area contributed by atoms with Crippen LogP contribution in [-0.2, 0) is 0 Å². The van der Waals surface area contributed by atoms with Gasteiger partial charge in [-0.25, -0.2) is 4.79 Å². The number of hydrogen-bond donors (Lipinski definition) is 2. The first-order valence-electron chi connectivity index (χ1n) is 7.62. The van der Waals surface area contributed by atoms with Gasteiger partial charge < -0.3 is 20.1 Å². The lowest BCUT2D eigenvalue weighted by atomic mass is 10.0. The van der Waals surface area contributed by atoms with Crippen LogP contribution in [0.15, 0.2) is 42.5 Å². The number of hydrogen-bond acceptors (Lipinski definition) is 3. The van der Waals surface area contributed by atoms with Crippen LogP contribution >= 0.6 is 11.6 Å². The van der Waals surface area contributed by atoms with E-state index in [1.54, 1.807) is 38.5 Å². The number of ether oxygens (including phenoxy) is 2. The maximum absolute atomic E-state index is 12.2. The van der Waals surface area contributed by atoms with Crippen molar-refractivity contribution in [1.82, 2.24) is 5.32 Å². The van der Waals surface area contributed by atoms with E-state index < -0.39 is 0 Å². The molecule has 2 aromatic carbocycles. The monoisotopic (exact) mass is 348 g/mol. The number of carbonyl (C=O) groups is 1. The predicted molar refractivity (Wildman–Crippen MR) is 96.2 cm³/mol. The van der Waals surface area contributed by atoms with Crippen molar-refractivity contribution in [2.75, 3.05) is 19.5 Å². The van der Waals surface area contributed by atoms with Gasteiger partial charge >= 0.3 is 6.03 Å². The fourth-order valence-corrected chi connectivity index (χ4v) is 2.57. The van der Waals surface area contributed by atoms with Gasteiger partial charge in [-0.1, -0.05) is 30.7 Å². The summed E-state index contributed by atoms with van der Waals surface area (Å²) in [6, 6.07) is 12.2. The quantitative estimate of drug-likeness (QED) is 0.800. The third-order valence-electron chi connectivity index (χ3n) is 3.61. The first-order chi connectivity index (χ1) is 11.6. The van der Waals surface area contributed by atoms with Crippen molar-refractivity contribution in [3.8, 4) is 11.5 Å². The molecule has 0 radical (unpaired) electrons. The molecule has 2 rings (SSSR count). The van der Waals surface area contributed by atoms with Crippen molar-refractivity contribution in [2.24, 2.45) is 0 Å². The molecule has 0 spiro atoms. The summed E-state index contributed by atoms with van der Waals surface area (Å²) in [4.78, 5) is 12.2. The number of nitrogens with one attached hydrogen (secondary N) is 2. The van der Waals surface area contributed by atoms with Crippen LogP contribution in [0, 0.1) is 0 Å². The fraction of sp³-hybridized carbons (Fsp3) is 0.278. The predicted octanol–water partition coefficient (Wildman–Crippen LogP) is 4.63.